The number of esters is 1. The van der Waals surface area contributed by atoms with Crippen molar-refractivity contribution in [2.75, 3.05) is 12.9 Å². The summed E-state index contributed by atoms with van der Waals surface area (Å²) in [5.74, 6) is -1.25. The predicted molar refractivity (Wildman–Crippen MR) is 114 cm³/mol. The topological polar surface area (TPSA) is 99.2 Å². The van der Waals surface area contributed by atoms with Crippen LogP contribution in [0, 0.1) is 5.92 Å². The molecule has 0 aliphatic carbocycles. The van der Waals surface area contributed by atoms with E-state index in [9.17, 15) is 18.0 Å². The molecule has 0 aromatic heterocycles. The van der Waals surface area contributed by atoms with Crippen molar-refractivity contribution in [3.63, 3.8) is 0 Å². The Labute approximate surface area is 178 Å². The molecule has 0 bridgehead atoms. The molecule has 2 saturated heterocycles. The molecule has 0 saturated carbocycles. The number of nitrogens with zero attached hydrogens (tertiary/aromatic N) is 1. The average molecular weight is 466 g/mol. The summed E-state index contributed by atoms with van der Waals surface area (Å²) in [4.78, 5) is 26.8. The van der Waals surface area contributed by atoms with Gasteiger partial charge in [0.05, 0.1) is 41.8 Å². The Bertz CT molecular complexity index is 778. The third-order valence-electron chi connectivity index (χ3n) is 5.77. The third kappa shape index (κ3) is 5.06. The fourth-order valence-corrected chi connectivity index (χ4v) is 6.95. The lowest BCUT2D eigenvalue weighted by atomic mass is 9.90. The van der Waals surface area contributed by atoms with Crippen LogP contribution in [0.1, 0.15) is 27.7 Å². The summed E-state index contributed by atoms with van der Waals surface area (Å²) in [5, 5.41) is -0.854. The van der Waals surface area contributed by atoms with Gasteiger partial charge in [-0.1, -0.05) is 27.4 Å². The lowest BCUT2D eigenvalue weighted by Gasteiger charge is -2.48. The van der Waals surface area contributed by atoms with Gasteiger partial charge >= 0.3 is 5.97 Å². The molecule has 2 fully saturated rings. The summed E-state index contributed by atoms with van der Waals surface area (Å²) in [6.07, 6.45) is 1.63. The molecule has 0 aromatic rings. The van der Waals surface area contributed by atoms with E-state index in [0.29, 0.717) is 0 Å². The summed E-state index contributed by atoms with van der Waals surface area (Å²) in [7, 11) is -5.76. The second-order valence-electron chi connectivity index (χ2n) is 8.96. The van der Waals surface area contributed by atoms with Crippen molar-refractivity contribution < 1.29 is 31.4 Å². The van der Waals surface area contributed by atoms with Gasteiger partial charge in [-0.05, 0) is 25.1 Å². The highest BCUT2D eigenvalue weighted by atomic mass is 32.2. The van der Waals surface area contributed by atoms with Crippen molar-refractivity contribution in [1.29, 1.82) is 0 Å². The van der Waals surface area contributed by atoms with E-state index in [4.69, 9.17) is 13.3 Å². The number of β-lactam (4-membered cyclic amide) rings is 1. The minimum absolute atomic E-state index is 0.00127. The SMILES string of the molecule is C=COC(=O)C1C(COS(C)(=O)=O)SC2C(C(C)O[Si](C)(C)C(C)(C)C)C(=O)N21. The minimum atomic E-state index is -3.68. The maximum atomic E-state index is 12.9. The number of carbonyl (C=O) groups is 2. The van der Waals surface area contributed by atoms with Crippen molar-refractivity contribution in [2.24, 2.45) is 5.92 Å². The molecule has 0 spiro atoms. The minimum Gasteiger partial charge on any atom is -0.434 e. The quantitative estimate of drug-likeness (QED) is 0.177. The molecule has 5 atom stereocenters. The van der Waals surface area contributed by atoms with Gasteiger partial charge in [-0.25, -0.2) is 4.79 Å². The normalized spacial score (nSPS) is 28.5. The van der Waals surface area contributed by atoms with Gasteiger partial charge in [0.1, 0.15) is 6.04 Å². The molecular formula is C18H31NO7S2Si. The zero-order valence-electron chi connectivity index (χ0n) is 18.0. The molecular weight excluding hydrogens is 434 g/mol. The fraction of sp³-hybridized carbons (Fsp3) is 0.778. The Kier molecular flexibility index (Phi) is 7.01. The van der Waals surface area contributed by atoms with Crippen LogP contribution in [0.3, 0.4) is 0 Å². The fourth-order valence-electron chi connectivity index (χ4n) is 3.27. The van der Waals surface area contributed by atoms with E-state index in [1.54, 1.807) is 0 Å². The average Bonchev–Trinajstić information content (AvgIpc) is 2.85. The lowest BCUT2D eigenvalue weighted by Crippen LogP contribution is -2.66. The van der Waals surface area contributed by atoms with Crippen LogP contribution >= 0.6 is 11.8 Å². The maximum absolute atomic E-state index is 12.9. The van der Waals surface area contributed by atoms with Crippen molar-refractivity contribution in [3.05, 3.63) is 12.8 Å². The van der Waals surface area contributed by atoms with Crippen LogP contribution in [0.5, 0.6) is 0 Å². The molecule has 0 N–H and O–H groups in total. The summed E-state index contributed by atoms with van der Waals surface area (Å²) >= 11 is 1.35. The highest BCUT2D eigenvalue weighted by Crippen LogP contribution is 2.50. The van der Waals surface area contributed by atoms with Crippen LogP contribution < -0.4 is 0 Å². The Balaban J connectivity index is 2.20. The molecule has 2 heterocycles. The van der Waals surface area contributed by atoms with Gasteiger partial charge < -0.3 is 14.1 Å². The van der Waals surface area contributed by atoms with Crippen LogP contribution in [-0.2, 0) is 33.1 Å². The van der Waals surface area contributed by atoms with E-state index in [0.717, 1.165) is 12.5 Å². The first kappa shape index (κ1) is 24.4. The number of amides is 1. The second kappa shape index (κ2) is 8.33. The Morgan fingerprint density at radius 3 is 2.45 bits per heavy atom. The van der Waals surface area contributed by atoms with Crippen molar-refractivity contribution >= 4 is 42.1 Å². The number of hydrogen-bond acceptors (Lipinski definition) is 8. The Hall–Kier alpha value is -0.883. The molecule has 1 amide bonds. The van der Waals surface area contributed by atoms with E-state index in [1.807, 2.05) is 6.92 Å². The highest BCUT2D eigenvalue weighted by molar-refractivity contribution is 8.01. The first-order chi connectivity index (χ1) is 13.1. The molecule has 0 radical (unpaired) electrons. The smallest absolute Gasteiger partial charge is 0.334 e. The van der Waals surface area contributed by atoms with Gasteiger partial charge in [-0.3, -0.25) is 8.98 Å². The second-order valence-corrected chi connectivity index (χ2v) is 16.7. The van der Waals surface area contributed by atoms with E-state index in [2.05, 4.69) is 40.4 Å². The standard InChI is InChI=1S/C18H31NO7S2Si/c1-9-24-17(21)14-12(10-25-28(6,22)23)27-16-13(15(20)19(14)16)11(2)26-29(7,8)18(3,4)5/h9,11-14,16H,1,10H2,2-8H3. The van der Waals surface area contributed by atoms with Crippen LogP contribution in [0.2, 0.25) is 18.1 Å². The monoisotopic (exact) mass is 465 g/mol. The molecule has 2 rings (SSSR count). The van der Waals surface area contributed by atoms with Gasteiger partial charge in [0.25, 0.3) is 10.1 Å². The summed E-state index contributed by atoms with van der Waals surface area (Å²) in [5.41, 5.74) is 0. The van der Waals surface area contributed by atoms with E-state index < -0.39 is 41.6 Å². The molecule has 11 heteroatoms. The van der Waals surface area contributed by atoms with Crippen LogP contribution in [0.4, 0.5) is 0 Å². The molecule has 166 valence electrons. The third-order valence-corrected chi connectivity index (χ3v) is 12.4. The van der Waals surface area contributed by atoms with Crippen molar-refractivity contribution in [3.8, 4) is 0 Å². The molecule has 29 heavy (non-hydrogen) atoms. The largest absolute Gasteiger partial charge is 0.434 e. The number of ether oxygens (including phenoxy) is 1. The number of rotatable bonds is 8. The summed E-state index contributed by atoms with van der Waals surface area (Å²) in [6, 6.07) is -0.923. The van der Waals surface area contributed by atoms with E-state index in [-0.39, 0.29) is 29.0 Å². The number of hydrogen-bond donors (Lipinski definition) is 0. The van der Waals surface area contributed by atoms with Crippen molar-refractivity contribution in [2.45, 2.75) is 68.6 Å². The summed E-state index contributed by atoms with van der Waals surface area (Å²) in [6.45, 7) is 15.7. The van der Waals surface area contributed by atoms with E-state index >= 15 is 0 Å². The molecule has 5 unspecified atom stereocenters. The van der Waals surface area contributed by atoms with Gasteiger partial charge in [0.15, 0.2) is 8.32 Å². The Morgan fingerprint density at radius 1 is 1.38 bits per heavy atom. The number of thioether (sulfide) groups is 1. The molecule has 2 aliphatic heterocycles. The predicted octanol–water partition coefficient (Wildman–Crippen LogP) is 2.33. The van der Waals surface area contributed by atoms with Crippen LogP contribution in [-0.4, -0.2) is 69.1 Å². The van der Waals surface area contributed by atoms with Gasteiger partial charge in [0.2, 0.25) is 5.91 Å². The highest BCUT2D eigenvalue weighted by Gasteiger charge is 2.63. The summed E-state index contributed by atoms with van der Waals surface area (Å²) < 4.78 is 39.0. The number of fused-ring (bicyclic) bond motifs is 1. The maximum Gasteiger partial charge on any atom is 0.334 e. The van der Waals surface area contributed by atoms with Gasteiger partial charge in [-0.15, -0.1) is 11.8 Å². The van der Waals surface area contributed by atoms with Gasteiger partial charge in [0, 0.05) is 0 Å². The van der Waals surface area contributed by atoms with Crippen LogP contribution in [0.25, 0.3) is 0 Å². The van der Waals surface area contributed by atoms with Gasteiger partial charge in [-0.2, -0.15) is 8.42 Å². The lowest BCUT2D eigenvalue weighted by molar-refractivity contribution is -0.167. The van der Waals surface area contributed by atoms with Crippen molar-refractivity contribution in [1.82, 2.24) is 4.90 Å². The molecule has 8 nitrogen and oxygen atoms in total. The zero-order valence-corrected chi connectivity index (χ0v) is 20.6. The molecule has 0 aromatic carbocycles. The number of carbonyl (C=O) groups excluding carboxylic acids is 2. The molecule has 2 aliphatic rings. The Morgan fingerprint density at radius 2 is 1.97 bits per heavy atom. The first-order valence-corrected chi connectivity index (χ1v) is 15.1. The zero-order chi connectivity index (χ0) is 22.4. The van der Waals surface area contributed by atoms with Crippen LogP contribution in [0.15, 0.2) is 12.8 Å². The first-order valence-electron chi connectivity index (χ1n) is 9.42. The van der Waals surface area contributed by atoms with E-state index in [1.165, 1.54) is 16.7 Å².